The van der Waals surface area contributed by atoms with E-state index in [1.54, 1.807) is 28.4 Å². The van der Waals surface area contributed by atoms with Crippen LogP contribution in [0.25, 0.3) is 0 Å². The van der Waals surface area contributed by atoms with Gasteiger partial charge in [-0.3, -0.25) is 14.4 Å². The molecule has 14 heteroatoms. The summed E-state index contributed by atoms with van der Waals surface area (Å²) in [5.41, 5.74) is 2.17. The topological polar surface area (TPSA) is 193 Å². The summed E-state index contributed by atoms with van der Waals surface area (Å²) in [4.78, 5) is 47.8. The predicted molar refractivity (Wildman–Crippen MR) is 169 cm³/mol. The zero-order valence-corrected chi connectivity index (χ0v) is 27.4. The Morgan fingerprint density at radius 3 is 1.87 bits per heavy atom. The van der Waals surface area contributed by atoms with Crippen molar-refractivity contribution in [2.75, 3.05) is 61.7 Å². The van der Waals surface area contributed by atoms with Crippen molar-refractivity contribution in [2.24, 2.45) is 0 Å². The van der Waals surface area contributed by atoms with Crippen LogP contribution in [-0.2, 0) is 38.4 Å². The second-order valence-electron chi connectivity index (χ2n) is 11.7. The molecule has 1 aliphatic carbocycles. The van der Waals surface area contributed by atoms with Crippen LogP contribution in [0.1, 0.15) is 47.4 Å². The van der Waals surface area contributed by atoms with Crippen LogP contribution >= 0.6 is 0 Å². The van der Waals surface area contributed by atoms with Gasteiger partial charge in [0.2, 0.25) is 5.91 Å². The van der Waals surface area contributed by atoms with E-state index in [1.807, 2.05) is 17.0 Å². The number of hydrogen-bond donors (Lipinski definition) is 4. The standard InChI is InChI=1S/C27H36N2O5.C6H8O7/c1-28(17-21-11-20-14-25(33-4)26(34-5)16-22(20)21)8-6-9-29-10-7-18-12-23(31-2)24(32-3)13-19(18)15-27(29)30;7-3(8)1-6(13,5(11)12)2-4(9)10/h12-14,16,21H,6-11,15,17H2,1-5H3;13H,1-2H2,(H,7,8)(H,9,10)(H,11,12)/t21-;/m1./s1. The van der Waals surface area contributed by atoms with E-state index < -0.39 is 36.4 Å². The predicted octanol–water partition coefficient (Wildman–Crippen LogP) is 2.06. The summed E-state index contributed by atoms with van der Waals surface area (Å²) in [6.45, 7) is 3.47. The van der Waals surface area contributed by atoms with E-state index in [4.69, 9.17) is 39.4 Å². The van der Waals surface area contributed by atoms with Gasteiger partial charge in [0.15, 0.2) is 28.6 Å². The van der Waals surface area contributed by atoms with E-state index in [0.717, 1.165) is 68.3 Å². The lowest BCUT2D eigenvalue weighted by Gasteiger charge is -2.34. The maximum atomic E-state index is 12.9. The summed E-state index contributed by atoms with van der Waals surface area (Å²) in [5, 5.41) is 33.8. The lowest BCUT2D eigenvalue weighted by atomic mass is 9.77. The van der Waals surface area contributed by atoms with E-state index in [9.17, 15) is 19.2 Å². The fourth-order valence-corrected chi connectivity index (χ4v) is 5.87. The Labute approximate surface area is 273 Å². The maximum Gasteiger partial charge on any atom is 0.336 e. The monoisotopic (exact) mass is 660 g/mol. The molecule has 0 saturated heterocycles. The minimum atomic E-state index is -2.74. The number of methoxy groups -OCH3 is 4. The lowest BCUT2D eigenvalue weighted by molar-refractivity contribution is -0.170. The van der Waals surface area contributed by atoms with Crippen molar-refractivity contribution in [3.63, 3.8) is 0 Å². The normalized spacial score (nSPS) is 15.3. The molecule has 1 atom stereocenters. The fourth-order valence-electron chi connectivity index (χ4n) is 5.87. The number of likely N-dealkylation sites (N-methyl/N-ethyl adjacent to an activating group) is 1. The molecule has 4 N–H and O–H groups in total. The number of rotatable bonds is 15. The van der Waals surface area contributed by atoms with Gasteiger partial charge in [0.1, 0.15) is 0 Å². The van der Waals surface area contributed by atoms with E-state index in [1.165, 1.54) is 16.7 Å². The third-order valence-corrected chi connectivity index (χ3v) is 8.39. The molecular weight excluding hydrogens is 616 g/mol. The van der Waals surface area contributed by atoms with Gasteiger partial charge < -0.3 is 49.2 Å². The molecule has 258 valence electrons. The number of ether oxygens (including phenoxy) is 4. The van der Waals surface area contributed by atoms with Gasteiger partial charge in [-0.05, 0) is 79.4 Å². The molecule has 2 aromatic carbocycles. The molecule has 0 bridgehead atoms. The molecule has 2 aliphatic rings. The molecule has 0 aromatic heterocycles. The van der Waals surface area contributed by atoms with Gasteiger partial charge in [-0.15, -0.1) is 0 Å². The molecule has 4 rings (SSSR count). The second kappa shape index (κ2) is 16.3. The van der Waals surface area contributed by atoms with Crippen LogP contribution in [0.2, 0.25) is 0 Å². The van der Waals surface area contributed by atoms with Crippen molar-refractivity contribution < 1.29 is 58.6 Å². The number of carboxylic acid groups (broad SMARTS) is 3. The van der Waals surface area contributed by atoms with Crippen molar-refractivity contribution in [1.82, 2.24) is 9.80 Å². The molecule has 0 fully saturated rings. The third kappa shape index (κ3) is 9.48. The van der Waals surface area contributed by atoms with Gasteiger partial charge >= 0.3 is 17.9 Å². The molecule has 14 nitrogen and oxygen atoms in total. The molecular formula is C33H44N2O12. The molecule has 0 saturated carbocycles. The van der Waals surface area contributed by atoms with Crippen LogP contribution in [0.5, 0.6) is 23.0 Å². The number of fused-ring (bicyclic) bond motifs is 2. The molecule has 1 aliphatic heterocycles. The Balaban J connectivity index is 0.000000392. The van der Waals surface area contributed by atoms with Crippen molar-refractivity contribution in [2.45, 2.75) is 50.0 Å². The van der Waals surface area contributed by atoms with Gasteiger partial charge in [-0.1, -0.05) is 0 Å². The van der Waals surface area contributed by atoms with Gasteiger partial charge in [0.25, 0.3) is 0 Å². The average Bonchev–Trinajstić information content (AvgIpc) is 3.15. The maximum absolute atomic E-state index is 12.9. The van der Waals surface area contributed by atoms with Crippen LogP contribution in [0, 0.1) is 0 Å². The average molecular weight is 661 g/mol. The number of carboxylic acids is 3. The number of aliphatic carboxylic acids is 3. The smallest absolute Gasteiger partial charge is 0.336 e. The Morgan fingerprint density at radius 1 is 0.851 bits per heavy atom. The van der Waals surface area contributed by atoms with E-state index in [-0.39, 0.29) is 5.91 Å². The fraction of sp³-hybridized carbons (Fsp3) is 0.515. The van der Waals surface area contributed by atoms with Gasteiger partial charge in [0, 0.05) is 25.6 Å². The van der Waals surface area contributed by atoms with E-state index >= 15 is 0 Å². The minimum absolute atomic E-state index is 0.183. The Kier molecular flexibility index (Phi) is 12.8. The molecule has 0 unspecified atom stereocenters. The number of benzene rings is 2. The highest BCUT2D eigenvalue weighted by atomic mass is 16.5. The van der Waals surface area contributed by atoms with Crippen LogP contribution in [0.4, 0.5) is 0 Å². The molecule has 0 spiro atoms. The summed E-state index contributed by atoms with van der Waals surface area (Å²) < 4.78 is 21.7. The highest BCUT2D eigenvalue weighted by molar-refractivity contribution is 5.88. The van der Waals surface area contributed by atoms with Gasteiger partial charge in [-0.2, -0.15) is 0 Å². The van der Waals surface area contributed by atoms with Crippen LogP contribution < -0.4 is 18.9 Å². The Morgan fingerprint density at radius 2 is 1.36 bits per heavy atom. The summed E-state index contributed by atoms with van der Waals surface area (Å²) in [7, 11) is 8.79. The third-order valence-electron chi connectivity index (χ3n) is 8.39. The number of hydrogen-bond acceptors (Lipinski definition) is 10. The number of amides is 1. The number of nitrogens with zero attached hydrogens (tertiary/aromatic N) is 2. The molecule has 2 aromatic rings. The lowest BCUT2D eigenvalue weighted by Crippen LogP contribution is -2.42. The van der Waals surface area contributed by atoms with E-state index in [2.05, 4.69) is 24.1 Å². The van der Waals surface area contributed by atoms with Crippen molar-refractivity contribution >= 4 is 23.8 Å². The molecule has 1 heterocycles. The number of carbonyl (C=O) groups excluding carboxylic acids is 1. The zero-order chi connectivity index (χ0) is 34.9. The van der Waals surface area contributed by atoms with Crippen LogP contribution in [-0.4, -0.2) is 121 Å². The summed E-state index contributed by atoms with van der Waals surface area (Å²) >= 11 is 0. The Bertz CT molecular complexity index is 1440. The Hall–Kier alpha value is -4.56. The highest BCUT2D eigenvalue weighted by Gasteiger charge is 2.40. The largest absolute Gasteiger partial charge is 0.493 e. The quantitative estimate of drug-likeness (QED) is 0.217. The first-order valence-electron chi connectivity index (χ1n) is 15.1. The number of carbonyl (C=O) groups is 4. The first-order chi connectivity index (χ1) is 22.2. The van der Waals surface area contributed by atoms with Crippen LogP contribution in [0.15, 0.2) is 24.3 Å². The zero-order valence-electron chi connectivity index (χ0n) is 27.4. The van der Waals surface area contributed by atoms with Crippen molar-refractivity contribution in [1.29, 1.82) is 0 Å². The molecule has 1 amide bonds. The summed E-state index contributed by atoms with van der Waals surface area (Å²) in [6.07, 6.45) is 0.979. The van der Waals surface area contributed by atoms with Crippen LogP contribution in [0.3, 0.4) is 0 Å². The van der Waals surface area contributed by atoms with Crippen molar-refractivity contribution in [3.8, 4) is 23.0 Å². The number of aliphatic hydroxyl groups is 1. The summed E-state index contributed by atoms with van der Waals surface area (Å²) in [5.74, 6) is -1.33. The van der Waals surface area contributed by atoms with Gasteiger partial charge in [-0.25, -0.2) is 4.79 Å². The first-order valence-corrected chi connectivity index (χ1v) is 15.1. The molecule has 47 heavy (non-hydrogen) atoms. The summed E-state index contributed by atoms with van der Waals surface area (Å²) in [6, 6.07) is 8.18. The van der Waals surface area contributed by atoms with Gasteiger partial charge in [0.05, 0.1) is 47.7 Å². The second-order valence-corrected chi connectivity index (χ2v) is 11.7. The van der Waals surface area contributed by atoms with Crippen molar-refractivity contribution in [3.05, 3.63) is 46.5 Å². The first kappa shape index (κ1) is 36.9. The molecule has 0 radical (unpaired) electrons. The SMILES string of the molecule is COc1cc2c(cc1OC)CC(=O)N(CCCN(C)C[C@H]1Cc3cc(OC)c(OC)cc31)CC2.O=C(O)CC(O)(CC(=O)O)C(=O)O. The highest BCUT2D eigenvalue weighted by Crippen LogP contribution is 2.42. The minimum Gasteiger partial charge on any atom is -0.493 e. The van der Waals surface area contributed by atoms with E-state index in [0.29, 0.717) is 18.1 Å².